The summed E-state index contributed by atoms with van der Waals surface area (Å²) in [6.07, 6.45) is 6.28. The Morgan fingerprint density at radius 1 is 1.09 bits per heavy atom. The molecule has 0 bridgehead atoms. The number of aromatic nitrogens is 3. The molecular formula is C17H19BrN4O. The van der Waals surface area contributed by atoms with Crippen LogP contribution >= 0.6 is 15.9 Å². The van der Waals surface area contributed by atoms with E-state index < -0.39 is 0 Å². The van der Waals surface area contributed by atoms with E-state index in [1.807, 2.05) is 35.5 Å². The summed E-state index contributed by atoms with van der Waals surface area (Å²) in [6, 6.07) is 8.01. The Balaban J connectivity index is 1.41. The number of likely N-dealkylation sites (tertiary alicyclic amines) is 1. The van der Waals surface area contributed by atoms with Gasteiger partial charge in [-0.3, -0.25) is 4.79 Å². The number of carbonyl (C=O) groups excluding carboxylic acids is 1. The molecule has 1 amide bonds. The minimum atomic E-state index is 0.127. The Labute approximate surface area is 143 Å². The van der Waals surface area contributed by atoms with Crippen molar-refractivity contribution in [3.05, 3.63) is 46.5 Å². The van der Waals surface area contributed by atoms with Gasteiger partial charge < -0.3 is 9.47 Å². The van der Waals surface area contributed by atoms with Crippen LogP contribution in [0.4, 0.5) is 0 Å². The number of carbonyl (C=O) groups is 1. The van der Waals surface area contributed by atoms with Crippen molar-refractivity contribution in [2.45, 2.75) is 37.6 Å². The number of piperidine rings is 1. The molecule has 0 atom stereocenters. The normalized spacial score (nSPS) is 19.1. The first-order valence-corrected chi connectivity index (χ1v) is 8.96. The van der Waals surface area contributed by atoms with Crippen LogP contribution in [0, 0.1) is 0 Å². The van der Waals surface area contributed by atoms with Crippen molar-refractivity contribution in [1.82, 2.24) is 19.7 Å². The van der Waals surface area contributed by atoms with E-state index in [9.17, 15) is 4.79 Å². The molecule has 1 saturated heterocycles. The molecule has 0 N–H and O–H groups in total. The highest BCUT2D eigenvalue weighted by Gasteiger charge is 2.32. The lowest BCUT2D eigenvalue weighted by Gasteiger charge is -2.33. The van der Waals surface area contributed by atoms with Crippen molar-refractivity contribution in [3.63, 3.8) is 0 Å². The first-order chi connectivity index (χ1) is 11.2. The van der Waals surface area contributed by atoms with Crippen molar-refractivity contribution >= 4 is 21.8 Å². The van der Waals surface area contributed by atoms with E-state index in [0.29, 0.717) is 12.0 Å². The Bertz CT molecular complexity index is 700. The molecule has 23 heavy (non-hydrogen) atoms. The molecule has 1 saturated carbocycles. The molecule has 0 spiro atoms. The molecular weight excluding hydrogens is 356 g/mol. The third-order valence-electron chi connectivity index (χ3n) is 4.78. The second-order valence-electron chi connectivity index (χ2n) is 6.40. The average Bonchev–Trinajstić information content (AvgIpc) is 3.32. The van der Waals surface area contributed by atoms with Gasteiger partial charge in [-0.1, -0.05) is 15.9 Å². The summed E-state index contributed by atoms with van der Waals surface area (Å²) in [7, 11) is 0. The quantitative estimate of drug-likeness (QED) is 0.826. The number of hydrogen-bond donors (Lipinski definition) is 0. The fourth-order valence-corrected chi connectivity index (χ4v) is 3.55. The van der Waals surface area contributed by atoms with Gasteiger partial charge in [0.15, 0.2) is 0 Å². The fourth-order valence-electron chi connectivity index (χ4n) is 3.29. The predicted octanol–water partition coefficient (Wildman–Crippen LogP) is 3.40. The lowest BCUT2D eigenvalue weighted by molar-refractivity contribution is 0.0693. The SMILES string of the molecule is O=C(c1ccc(Br)cc1)N1CCC(n2cnnc2C2CC2)CC1. The van der Waals surface area contributed by atoms with E-state index in [1.54, 1.807) is 0 Å². The second kappa shape index (κ2) is 6.07. The van der Waals surface area contributed by atoms with Crippen molar-refractivity contribution in [3.8, 4) is 0 Å². The minimum Gasteiger partial charge on any atom is -0.338 e. The van der Waals surface area contributed by atoms with Gasteiger partial charge in [0.2, 0.25) is 0 Å². The van der Waals surface area contributed by atoms with Crippen molar-refractivity contribution < 1.29 is 4.79 Å². The zero-order valence-electron chi connectivity index (χ0n) is 12.9. The standard InChI is InChI=1S/C17H19BrN4O/c18-14-5-3-13(4-6-14)17(23)21-9-7-15(8-10-21)22-11-19-20-16(22)12-1-2-12/h3-6,11-12,15H,1-2,7-10H2. The summed E-state index contributed by atoms with van der Waals surface area (Å²) in [6.45, 7) is 1.59. The summed E-state index contributed by atoms with van der Waals surface area (Å²) in [5, 5.41) is 8.39. The highest BCUT2D eigenvalue weighted by Crippen LogP contribution is 2.40. The molecule has 0 radical (unpaired) electrons. The molecule has 120 valence electrons. The van der Waals surface area contributed by atoms with Gasteiger partial charge in [0.25, 0.3) is 5.91 Å². The fraction of sp³-hybridized carbons (Fsp3) is 0.471. The topological polar surface area (TPSA) is 51.0 Å². The van der Waals surface area contributed by atoms with E-state index in [4.69, 9.17) is 0 Å². The van der Waals surface area contributed by atoms with Crippen LogP contribution in [0.3, 0.4) is 0 Å². The Morgan fingerprint density at radius 2 is 1.78 bits per heavy atom. The zero-order valence-corrected chi connectivity index (χ0v) is 14.4. The lowest BCUT2D eigenvalue weighted by atomic mass is 10.0. The van der Waals surface area contributed by atoms with E-state index in [-0.39, 0.29) is 5.91 Å². The van der Waals surface area contributed by atoms with Gasteiger partial charge in [0.05, 0.1) is 0 Å². The largest absolute Gasteiger partial charge is 0.338 e. The van der Waals surface area contributed by atoms with Gasteiger partial charge in [-0.15, -0.1) is 10.2 Å². The molecule has 4 rings (SSSR count). The van der Waals surface area contributed by atoms with E-state index in [1.165, 1.54) is 12.8 Å². The van der Waals surface area contributed by atoms with Crippen LogP contribution < -0.4 is 0 Å². The Kier molecular flexibility index (Phi) is 3.93. The molecule has 1 aliphatic heterocycles. The molecule has 2 aromatic rings. The second-order valence-corrected chi connectivity index (χ2v) is 7.32. The maximum absolute atomic E-state index is 12.6. The monoisotopic (exact) mass is 374 g/mol. The van der Waals surface area contributed by atoms with E-state index in [2.05, 4.69) is 30.7 Å². The van der Waals surface area contributed by atoms with Gasteiger partial charge in [-0.25, -0.2) is 0 Å². The van der Waals surface area contributed by atoms with Crippen LogP contribution in [-0.2, 0) is 0 Å². The molecule has 2 aliphatic rings. The first-order valence-electron chi connectivity index (χ1n) is 8.16. The molecule has 2 fully saturated rings. The lowest BCUT2D eigenvalue weighted by Crippen LogP contribution is -2.39. The van der Waals surface area contributed by atoms with Gasteiger partial charge in [0.1, 0.15) is 12.2 Å². The number of amides is 1. The van der Waals surface area contributed by atoms with Crippen LogP contribution in [0.15, 0.2) is 35.1 Å². The molecule has 2 heterocycles. The van der Waals surface area contributed by atoms with Crippen molar-refractivity contribution in [2.75, 3.05) is 13.1 Å². The molecule has 1 aromatic heterocycles. The van der Waals surface area contributed by atoms with Crippen LogP contribution in [0.1, 0.15) is 53.8 Å². The summed E-state index contributed by atoms with van der Waals surface area (Å²) in [5.41, 5.74) is 0.759. The summed E-state index contributed by atoms with van der Waals surface area (Å²) >= 11 is 3.40. The van der Waals surface area contributed by atoms with Gasteiger partial charge in [-0.05, 0) is 49.9 Å². The zero-order chi connectivity index (χ0) is 15.8. The third kappa shape index (κ3) is 3.04. The van der Waals surface area contributed by atoms with E-state index >= 15 is 0 Å². The first kappa shape index (κ1) is 14.9. The number of rotatable bonds is 3. The Hall–Kier alpha value is -1.69. The van der Waals surface area contributed by atoms with Crippen LogP contribution in [-0.4, -0.2) is 38.7 Å². The number of hydrogen-bond acceptors (Lipinski definition) is 3. The molecule has 5 nitrogen and oxygen atoms in total. The van der Waals surface area contributed by atoms with Crippen molar-refractivity contribution in [2.24, 2.45) is 0 Å². The van der Waals surface area contributed by atoms with Crippen molar-refractivity contribution in [1.29, 1.82) is 0 Å². The van der Waals surface area contributed by atoms with Gasteiger partial charge in [0, 0.05) is 35.1 Å². The minimum absolute atomic E-state index is 0.127. The maximum Gasteiger partial charge on any atom is 0.253 e. The smallest absolute Gasteiger partial charge is 0.253 e. The summed E-state index contributed by atoms with van der Waals surface area (Å²) in [4.78, 5) is 14.5. The van der Waals surface area contributed by atoms with Gasteiger partial charge >= 0.3 is 0 Å². The van der Waals surface area contributed by atoms with Crippen LogP contribution in [0.25, 0.3) is 0 Å². The highest BCUT2D eigenvalue weighted by atomic mass is 79.9. The van der Waals surface area contributed by atoms with E-state index in [0.717, 1.165) is 41.8 Å². The average molecular weight is 375 g/mol. The summed E-state index contributed by atoms with van der Waals surface area (Å²) in [5.74, 6) is 1.88. The molecule has 1 aliphatic carbocycles. The van der Waals surface area contributed by atoms with Gasteiger partial charge in [-0.2, -0.15) is 0 Å². The Morgan fingerprint density at radius 3 is 2.43 bits per heavy atom. The summed E-state index contributed by atoms with van der Waals surface area (Å²) < 4.78 is 3.24. The number of halogens is 1. The molecule has 1 aromatic carbocycles. The predicted molar refractivity (Wildman–Crippen MR) is 90.3 cm³/mol. The molecule has 0 unspecified atom stereocenters. The highest BCUT2D eigenvalue weighted by molar-refractivity contribution is 9.10. The third-order valence-corrected chi connectivity index (χ3v) is 5.31. The van der Waals surface area contributed by atoms with Crippen LogP contribution in [0.5, 0.6) is 0 Å². The number of benzene rings is 1. The number of nitrogens with zero attached hydrogens (tertiary/aromatic N) is 4. The maximum atomic E-state index is 12.6. The molecule has 6 heteroatoms. The van der Waals surface area contributed by atoms with Crippen LogP contribution in [0.2, 0.25) is 0 Å².